The zero-order valence-corrected chi connectivity index (χ0v) is 30.2. The first-order valence-corrected chi connectivity index (χ1v) is 18.0. The first-order valence-electron chi connectivity index (χ1n) is 18.0. The van der Waals surface area contributed by atoms with E-state index in [1.54, 1.807) is 0 Å². The second-order valence-electron chi connectivity index (χ2n) is 14.0. The Morgan fingerprint density at radius 2 is 0.808 bits per heavy atom. The van der Waals surface area contributed by atoms with Gasteiger partial charge in [0.1, 0.15) is 45.1 Å². The molecule has 0 spiro atoms. The second-order valence-corrected chi connectivity index (χ2v) is 14.0. The first-order chi connectivity index (χ1) is 25.4. The van der Waals surface area contributed by atoms with Gasteiger partial charge in [-0.15, -0.1) is 16.4 Å². The van der Waals surface area contributed by atoms with Gasteiger partial charge in [0.05, 0.1) is 11.0 Å². The molecule has 0 unspecified atom stereocenters. The fourth-order valence-electron chi connectivity index (χ4n) is 8.19. The lowest BCUT2D eigenvalue weighted by Crippen LogP contribution is -2.55. The Balaban J connectivity index is 1.22. The van der Waals surface area contributed by atoms with Gasteiger partial charge < -0.3 is 0 Å². The highest BCUT2D eigenvalue weighted by atomic mass is 15.1. The summed E-state index contributed by atoms with van der Waals surface area (Å²) in [4.78, 5) is 9.47. The van der Waals surface area contributed by atoms with Crippen LogP contribution in [0.3, 0.4) is 0 Å². The zero-order chi connectivity index (χ0) is 35.5. The maximum absolute atomic E-state index is 5.28. The van der Waals surface area contributed by atoms with Crippen LogP contribution < -0.4 is 27.3 Å². The van der Waals surface area contributed by atoms with Crippen LogP contribution in [-0.4, -0.2) is 53.8 Å². The highest BCUT2D eigenvalue weighted by Crippen LogP contribution is 2.44. The van der Waals surface area contributed by atoms with Crippen molar-refractivity contribution in [2.45, 2.75) is 0 Å². The van der Waals surface area contributed by atoms with Gasteiger partial charge in [0.25, 0.3) is 0 Å². The zero-order valence-electron chi connectivity index (χ0n) is 30.2. The molecule has 0 aliphatic heterocycles. The van der Waals surface area contributed by atoms with Gasteiger partial charge in [0.15, 0.2) is 0 Å². The topological polar surface area (TPSA) is 30.7 Å². The largest absolute Gasteiger partial charge is 0.292 e. The van der Waals surface area contributed by atoms with Gasteiger partial charge in [0, 0.05) is 23.6 Å². The molecule has 0 aliphatic carbocycles. The third-order valence-corrected chi connectivity index (χ3v) is 11.3. The molecular weight excluding hydrogens is 625 g/mol. The Labute approximate surface area is 308 Å². The van der Waals surface area contributed by atoms with Gasteiger partial charge in [-0.1, -0.05) is 108 Å². The molecule has 0 aliphatic rings. The number of nitrogens with zero attached hydrogens (tertiary/aromatic N) is 3. The predicted molar refractivity (Wildman–Crippen MR) is 237 cm³/mol. The number of aromatic nitrogens is 3. The van der Waals surface area contributed by atoms with E-state index in [-0.39, 0.29) is 0 Å². The van der Waals surface area contributed by atoms with Crippen molar-refractivity contribution in [3.63, 3.8) is 0 Å². The molecule has 0 radical (unpaired) electrons. The summed E-state index contributed by atoms with van der Waals surface area (Å²) in [5, 5.41) is 4.98. The van der Waals surface area contributed by atoms with E-state index in [1.165, 1.54) is 87.8 Å². The van der Waals surface area contributed by atoms with Crippen LogP contribution >= 0.6 is 0 Å². The Bertz CT molecular complexity index is 2740. The first kappa shape index (κ1) is 31.9. The van der Waals surface area contributed by atoms with Crippen molar-refractivity contribution in [1.29, 1.82) is 0 Å². The molecule has 0 fully saturated rings. The number of rotatable bonds is 5. The van der Waals surface area contributed by atoms with Gasteiger partial charge in [-0.25, -0.2) is 4.98 Å². The third kappa shape index (κ3) is 5.05. The van der Waals surface area contributed by atoms with E-state index >= 15 is 0 Å². The molecular formula is C44H34B5N3. The molecule has 8 heteroatoms. The van der Waals surface area contributed by atoms with E-state index in [0.717, 1.165) is 22.5 Å². The molecule has 0 bridgehead atoms. The number of hydrogen-bond acceptors (Lipinski definition) is 2. The smallest absolute Gasteiger partial charge is 0.144 e. The summed E-state index contributed by atoms with van der Waals surface area (Å²) in [6.07, 6.45) is 3.69. The normalized spacial score (nSPS) is 11.5. The lowest BCUT2D eigenvalue weighted by Gasteiger charge is -2.21. The molecule has 0 saturated heterocycles. The van der Waals surface area contributed by atoms with E-state index < -0.39 is 0 Å². The van der Waals surface area contributed by atoms with Crippen LogP contribution in [0.5, 0.6) is 0 Å². The van der Waals surface area contributed by atoms with Crippen molar-refractivity contribution >= 4 is 99.1 Å². The summed E-state index contributed by atoms with van der Waals surface area (Å²) >= 11 is 0. The number of fused-ring (bicyclic) bond motifs is 3. The van der Waals surface area contributed by atoms with Crippen LogP contribution in [0, 0.1) is 0 Å². The molecule has 0 N–H and O–H groups in total. The summed E-state index contributed by atoms with van der Waals surface area (Å²) in [5.74, 6) is 0.991. The number of benzene rings is 7. The number of imidazole rings is 1. The average Bonchev–Trinajstić information content (AvgIpc) is 3.58. The van der Waals surface area contributed by atoms with Gasteiger partial charge >= 0.3 is 0 Å². The molecule has 240 valence electrons. The quantitative estimate of drug-likeness (QED) is 0.211. The van der Waals surface area contributed by atoms with E-state index in [4.69, 9.17) is 4.98 Å². The van der Waals surface area contributed by atoms with Crippen molar-refractivity contribution in [2.75, 3.05) is 0 Å². The summed E-state index contributed by atoms with van der Waals surface area (Å²) in [7, 11) is 11.2. The van der Waals surface area contributed by atoms with Crippen LogP contribution in [0.15, 0.2) is 146 Å². The number of hydrogen-bond donors (Lipinski definition) is 0. The minimum Gasteiger partial charge on any atom is -0.292 e. The Morgan fingerprint density at radius 1 is 0.385 bits per heavy atom. The summed E-state index contributed by atoms with van der Waals surface area (Å²) in [5.41, 5.74) is 18.3. The lowest BCUT2D eigenvalue weighted by molar-refractivity contribution is 1.11. The van der Waals surface area contributed by atoms with Crippen molar-refractivity contribution < 1.29 is 0 Å². The Morgan fingerprint density at radius 3 is 1.35 bits per heavy atom. The third-order valence-electron chi connectivity index (χ3n) is 11.3. The van der Waals surface area contributed by atoms with Gasteiger partial charge in [-0.2, -0.15) is 0 Å². The Hall–Kier alpha value is -6.00. The van der Waals surface area contributed by atoms with Crippen LogP contribution in [-0.2, 0) is 0 Å². The molecule has 9 aromatic rings. The number of para-hydroxylation sites is 2. The van der Waals surface area contributed by atoms with Crippen molar-refractivity contribution in [3.8, 4) is 50.5 Å². The van der Waals surface area contributed by atoms with Crippen LogP contribution in [0.4, 0.5) is 0 Å². The lowest BCUT2D eigenvalue weighted by atomic mass is 9.60. The van der Waals surface area contributed by atoms with Crippen LogP contribution in [0.1, 0.15) is 0 Å². The maximum atomic E-state index is 5.28. The summed E-state index contributed by atoms with van der Waals surface area (Å²) in [6, 6.07) is 48.4. The molecule has 9 rings (SSSR count). The summed E-state index contributed by atoms with van der Waals surface area (Å²) in [6.45, 7) is 0. The van der Waals surface area contributed by atoms with Gasteiger partial charge in [-0.3, -0.25) is 9.55 Å². The van der Waals surface area contributed by atoms with Crippen molar-refractivity contribution in [3.05, 3.63) is 146 Å². The van der Waals surface area contributed by atoms with Gasteiger partial charge in [-0.05, 0) is 91.3 Å². The Kier molecular flexibility index (Phi) is 7.77. The van der Waals surface area contributed by atoms with Crippen LogP contribution in [0.25, 0.3) is 83.0 Å². The highest BCUT2D eigenvalue weighted by Gasteiger charge is 2.21. The minimum absolute atomic E-state index is 0.991. The SMILES string of the molecule is Bc1c(B)c(B)c(-c2nc3ccccc3n2-c2ccc(-c3c4ccccc4c(-c4ccc(-c5ccncc5)cc4)c4ccccc34)cc2)c(B)c1B. The average molecular weight is 659 g/mol. The molecule has 2 heterocycles. The van der Waals surface area contributed by atoms with Crippen molar-refractivity contribution in [2.24, 2.45) is 0 Å². The van der Waals surface area contributed by atoms with E-state index in [2.05, 4.69) is 182 Å². The monoisotopic (exact) mass is 659 g/mol. The number of pyridine rings is 1. The van der Waals surface area contributed by atoms with E-state index in [1.807, 2.05) is 12.4 Å². The van der Waals surface area contributed by atoms with E-state index in [0.29, 0.717) is 0 Å². The fourth-order valence-corrected chi connectivity index (χ4v) is 8.19. The van der Waals surface area contributed by atoms with Gasteiger partial charge in [0.2, 0.25) is 0 Å². The standard InChI is InChI=1S/C44H34B5N3/c45-39-38(40(46)42(48)43(49)41(39)47)44-51-34-11-5-6-12-35(34)52(44)29-19-17-28(18-20-29)37-32-9-3-1-7-30(32)36(31-8-2-4-10-33(31)37)27-15-13-25(14-16-27)26-21-23-50-24-22-26/h1-24H,45-49H2. The van der Waals surface area contributed by atoms with E-state index in [9.17, 15) is 0 Å². The fraction of sp³-hybridized carbons (Fsp3) is 0. The minimum atomic E-state index is 0.991. The molecule has 0 amide bonds. The predicted octanol–water partition coefficient (Wildman–Crippen LogP) is 2.69. The highest BCUT2D eigenvalue weighted by molar-refractivity contribution is 6.68. The van der Waals surface area contributed by atoms with Crippen molar-refractivity contribution in [1.82, 2.24) is 14.5 Å². The molecule has 0 atom stereocenters. The molecule has 52 heavy (non-hydrogen) atoms. The summed E-state index contributed by atoms with van der Waals surface area (Å²) < 4.78 is 2.34. The molecule has 7 aromatic carbocycles. The molecule has 2 aromatic heterocycles. The maximum Gasteiger partial charge on any atom is 0.144 e. The molecule has 3 nitrogen and oxygen atoms in total. The second kappa shape index (κ2) is 12.6. The molecule has 0 saturated carbocycles. The van der Waals surface area contributed by atoms with Crippen LogP contribution in [0.2, 0.25) is 0 Å².